The molecule has 0 spiro atoms. The monoisotopic (exact) mass is 597 g/mol. The lowest BCUT2D eigenvalue weighted by atomic mass is 9.89. The fourth-order valence-corrected chi connectivity index (χ4v) is 6.59. The van der Waals surface area contributed by atoms with E-state index < -0.39 is 0 Å². The average molecular weight is 597 g/mol. The first kappa shape index (κ1) is 35.9. The van der Waals surface area contributed by atoms with Gasteiger partial charge in [0.25, 0.3) is 0 Å². The van der Waals surface area contributed by atoms with Gasteiger partial charge in [0.1, 0.15) is 0 Å². The lowest BCUT2D eigenvalue weighted by Crippen LogP contribution is -2.13. The molecule has 0 amide bonds. The predicted octanol–water partition coefficient (Wildman–Crippen LogP) is 12.9. The zero-order valence-electron chi connectivity index (χ0n) is 29.4. The van der Waals surface area contributed by atoms with Crippen LogP contribution in [-0.4, -0.2) is 10.4 Å². The lowest BCUT2D eigenvalue weighted by molar-refractivity contribution is -0.347. The van der Waals surface area contributed by atoms with Crippen molar-refractivity contribution in [1.82, 2.24) is 0 Å². The predicted molar refractivity (Wildman–Crippen MR) is 195 cm³/mol. The minimum atomic E-state index is 1.03. The van der Waals surface area contributed by atoms with Crippen molar-refractivity contribution in [3.8, 4) is 0 Å². The smallest absolute Gasteiger partial charge is 0.215 e. The van der Waals surface area contributed by atoms with Crippen molar-refractivity contribution in [1.29, 1.82) is 0 Å². The van der Waals surface area contributed by atoms with Crippen molar-refractivity contribution in [2.45, 2.75) is 164 Å². The second-order valence-corrected chi connectivity index (χ2v) is 13.2. The molecule has 0 aliphatic carbocycles. The molecule has 44 heavy (non-hydrogen) atoms. The molecule has 1 heterocycles. The van der Waals surface area contributed by atoms with Crippen LogP contribution in [0.4, 0.5) is 0 Å². The van der Waals surface area contributed by atoms with E-state index in [1.807, 2.05) is 4.68 Å². The third-order valence-corrected chi connectivity index (χ3v) is 9.18. The maximum Gasteiger partial charge on any atom is 0.215 e. The molecular weight excluding hydrogens is 532 g/mol. The molecule has 0 saturated heterocycles. The molecule has 0 saturated carbocycles. The highest BCUT2D eigenvalue weighted by Crippen LogP contribution is 2.39. The van der Waals surface area contributed by atoms with Gasteiger partial charge in [-0.2, -0.15) is 0 Å². The molecule has 242 valence electrons. The summed E-state index contributed by atoms with van der Waals surface area (Å²) < 4.78 is 1.86. The SMILES string of the molecule is CCCCCC=C1C(CCCC)=C(c2cc(CCCC)cc(CCCC)c2)[N+]([NH-])=C1c1cc(CCCC)cc(CCCC)c1. The molecule has 2 nitrogen and oxygen atoms in total. The molecule has 0 unspecified atom stereocenters. The summed E-state index contributed by atoms with van der Waals surface area (Å²) in [5, 5.41) is 0. The standard InChI is InChI=1S/C42H64N2/c1-7-13-19-20-26-40-39(25-18-12-6)41(37-29-33(21-14-8-2)27-34(30-37)22-15-9-3)44(43)42(40)38-31-35(23-16-10-4)28-36(32-38)24-17-11-5/h26-32,43H,7-25H2,1-6H3. The molecule has 0 atom stereocenters. The number of aryl methyl sites for hydroxylation is 4. The van der Waals surface area contributed by atoms with Crippen molar-refractivity contribution in [3.05, 3.63) is 92.8 Å². The third kappa shape index (κ3) is 10.2. The van der Waals surface area contributed by atoms with Gasteiger partial charge >= 0.3 is 0 Å². The Morgan fingerprint density at radius 1 is 0.500 bits per heavy atom. The number of nitrogens with one attached hydrogen (secondary N) is 1. The minimum Gasteiger partial charge on any atom is -0.448 e. The van der Waals surface area contributed by atoms with Crippen molar-refractivity contribution in [2.24, 2.45) is 0 Å². The molecule has 1 aliphatic rings. The highest BCUT2D eigenvalue weighted by molar-refractivity contribution is 6.16. The van der Waals surface area contributed by atoms with Gasteiger partial charge in [0, 0.05) is 16.7 Å². The van der Waals surface area contributed by atoms with Gasteiger partial charge in [0.05, 0.1) is 5.57 Å². The summed E-state index contributed by atoms with van der Waals surface area (Å²) in [7, 11) is 0. The Labute approximate surface area is 271 Å². The second-order valence-electron chi connectivity index (χ2n) is 13.2. The number of unbranched alkanes of at least 4 members (excludes halogenated alkanes) is 8. The van der Waals surface area contributed by atoms with E-state index in [0.717, 1.165) is 56.4 Å². The fourth-order valence-electron chi connectivity index (χ4n) is 6.59. The van der Waals surface area contributed by atoms with Gasteiger partial charge in [-0.05, 0) is 124 Å². The third-order valence-electron chi connectivity index (χ3n) is 9.18. The van der Waals surface area contributed by atoms with Gasteiger partial charge in [-0.15, -0.1) is 0 Å². The summed E-state index contributed by atoms with van der Waals surface area (Å²) in [6.45, 7) is 13.7. The molecule has 0 aromatic heterocycles. The van der Waals surface area contributed by atoms with Crippen molar-refractivity contribution >= 4 is 11.4 Å². The molecule has 2 heteroatoms. The van der Waals surface area contributed by atoms with E-state index in [4.69, 9.17) is 0 Å². The van der Waals surface area contributed by atoms with Crippen LogP contribution in [0.3, 0.4) is 0 Å². The quantitative estimate of drug-likeness (QED) is 0.101. The van der Waals surface area contributed by atoms with Crippen molar-refractivity contribution in [2.75, 3.05) is 0 Å². The number of allylic oxidation sites excluding steroid dienone is 3. The maximum absolute atomic E-state index is 9.87. The van der Waals surface area contributed by atoms with E-state index in [1.54, 1.807) is 0 Å². The van der Waals surface area contributed by atoms with Crippen LogP contribution in [0.5, 0.6) is 0 Å². The molecule has 2 aromatic rings. The van der Waals surface area contributed by atoms with E-state index in [0.29, 0.717) is 0 Å². The maximum atomic E-state index is 9.87. The Bertz CT molecular complexity index is 1210. The highest BCUT2D eigenvalue weighted by Gasteiger charge is 2.35. The number of nitrogens with zero attached hydrogens (tertiary/aromatic N) is 1. The summed E-state index contributed by atoms with van der Waals surface area (Å²) in [5.41, 5.74) is 13.3. The Morgan fingerprint density at radius 3 is 1.34 bits per heavy atom. The topological polar surface area (TPSA) is 26.8 Å². The largest absolute Gasteiger partial charge is 0.448 e. The summed E-state index contributed by atoms with van der Waals surface area (Å²) in [5.74, 6) is 9.87. The summed E-state index contributed by atoms with van der Waals surface area (Å²) >= 11 is 0. The van der Waals surface area contributed by atoms with Crippen molar-refractivity contribution in [3.63, 3.8) is 0 Å². The Hall–Kier alpha value is -2.61. The number of hydrogen-bond acceptors (Lipinski definition) is 0. The molecule has 0 fully saturated rings. The van der Waals surface area contributed by atoms with Gasteiger partial charge in [-0.25, -0.2) is 4.68 Å². The van der Waals surface area contributed by atoms with Crippen LogP contribution in [0.1, 0.15) is 171 Å². The number of rotatable bonds is 21. The zero-order chi connectivity index (χ0) is 31.7. The van der Waals surface area contributed by atoms with Gasteiger partial charge < -0.3 is 5.84 Å². The first-order valence-electron chi connectivity index (χ1n) is 18.6. The molecule has 0 radical (unpaired) electrons. The number of benzene rings is 2. The Kier molecular flexibility index (Phi) is 16.1. The zero-order valence-corrected chi connectivity index (χ0v) is 29.4. The van der Waals surface area contributed by atoms with Crippen LogP contribution >= 0.6 is 0 Å². The molecule has 2 aromatic carbocycles. The number of hydrogen-bond donors (Lipinski definition) is 0. The first-order chi connectivity index (χ1) is 21.5. The van der Waals surface area contributed by atoms with E-state index in [2.05, 4.69) is 84.0 Å². The normalized spacial score (nSPS) is 14.5. The highest BCUT2D eigenvalue weighted by atomic mass is 15.3. The van der Waals surface area contributed by atoms with Crippen LogP contribution < -0.4 is 0 Å². The van der Waals surface area contributed by atoms with Crippen LogP contribution in [-0.2, 0) is 25.7 Å². The first-order valence-corrected chi connectivity index (χ1v) is 18.6. The molecule has 1 aliphatic heterocycles. The molecule has 1 N–H and O–H groups in total. The van der Waals surface area contributed by atoms with E-state index in [-0.39, 0.29) is 0 Å². The Balaban J connectivity index is 2.28. The fraction of sp³-hybridized carbons (Fsp3) is 0.595. The van der Waals surface area contributed by atoms with Gasteiger partial charge in [-0.1, -0.05) is 105 Å². The van der Waals surface area contributed by atoms with Crippen LogP contribution in [0, 0.1) is 0 Å². The molecule has 3 rings (SSSR count). The van der Waals surface area contributed by atoms with Gasteiger partial charge in [0.15, 0.2) is 0 Å². The molecular formula is C42H64N2. The summed E-state index contributed by atoms with van der Waals surface area (Å²) in [6.07, 6.45) is 24.8. The van der Waals surface area contributed by atoms with Gasteiger partial charge in [0.2, 0.25) is 11.4 Å². The molecule has 0 bridgehead atoms. The second kappa shape index (κ2) is 19.7. The van der Waals surface area contributed by atoms with E-state index in [9.17, 15) is 5.84 Å². The summed E-state index contributed by atoms with van der Waals surface area (Å²) in [4.78, 5) is 0. The van der Waals surface area contributed by atoms with Crippen LogP contribution in [0.2, 0.25) is 0 Å². The van der Waals surface area contributed by atoms with E-state index >= 15 is 0 Å². The van der Waals surface area contributed by atoms with Crippen molar-refractivity contribution < 1.29 is 4.68 Å². The van der Waals surface area contributed by atoms with E-state index in [1.165, 1.54) is 122 Å². The van der Waals surface area contributed by atoms with Crippen LogP contribution in [0.15, 0.2) is 53.6 Å². The Morgan fingerprint density at radius 2 is 0.909 bits per heavy atom. The average Bonchev–Trinajstić information content (AvgIpc) is 3.31. The summed E-state index contributed by atoms with van der Waals surface area (Å²) in [6, 6.07) is 14.6. The van der Waals surface area contributed by atoms with Crippen LogP contribution in [0.25, 0.3) is 11.5 Å². The minimum absolute atomic E-state index is 1.03. The van der Waals surface area contributed by atoms with Gasteiger partial charge in [-0.3, -0.25) is 0 Å². The lowest BCUT2D eigenvalue weighted by Gasteiger charge is -2.13.